The molecule has 1 rings (SSSR count). The molecule has 0 radical (unpaired) electrons. The fourth-order valence-electron chi connectivity index (χ4n) is 1.87. The minimum atomic E-state index is 0.205. The zero-order valence-corrected chi connectivity index (χ0v) is 12.3. The van der Waals surface area contributed by atoms with Gasteiger partial charge in [0.2, 0.25) is 0 Å². The summed E-state index contributed by atoms with van der Waals surface area (Å²) >= 11 is 12.4. The third-order valence-corrected chi connectivity index (χ3v) is 3.65. The Balaban J connectivity index is 2.69. The van der Waals surface area contributed by atoms with Gasteiger partial charge in [-0.25, -0.2) is 0 Å². The molecule has 0 aromatic heterocycles. The van der Waals surface area contributed by atoms with Gasteiger partial charge in [-0.2, -0.15) is 0 Å². The van der Waals surface area contributed by atoms with Crippen molar-refractivity contribution in [2.45, 2.75) is 33.6 Å². The maximum Gasteiger partial charge on any atom is 0.0453 e. The Kier molecular flexibility index (Phi) is 5.78. The van der Waals surface area contributed by atoms with E-state index in [0.29, 0.717) is 0 Å². The van der Waals surface area contributed by atoms with Gasteiger partial charge in [-0.05, 0) is 49.0 Å². The lowest BCUT2D eigenvalue weighted by molar-refractivity contribution is 0.327. The largest absolute Gasteiger partial charge is 0.317 e. The first-order chi connectivity index (χ1) is 7.96. The molecule has 0 spiro atoms. The molecule has 17 heavy (non-hydrogen) atoms. The van der Waals surface area contributed by atoms with Crippen molar-refractivity contribution in [2.75, 3.05) is 13.1 Å². The van der Waals surface area contributed by atoms with E-state index in [4.69, 9.17) is 23.2 Å². The highest BCUT2D eigenvalue weighted by molar-refractivity contribution is 6.35. The summed E-state index contributed by atoms with van der Waals surface area (Å²) in [6.07, 6.45) is 2.03. The van der Waals surface area contributed by atoms with Crippen molar-refractivity contribution in [1.29, 1.82) is 0 Å². The summed E-state index contributed by atoms with van der Waals surface area (Å²) in [5.41, 5.74) is 1.27. The Labute approximate surface area is 115 Å². The number of benzene rings is 1. The first-order valence-electron chi connectivity index (χ1n) is 6.10. The monoisotopic (exact) mass is 273 g/mol. The SMILES string of the molecule is CCNCCC(C)(C)Cc1c(Cl)cccc1Cl. The quantitative estimate of drug-likeness (QED) is 0.750. The van der Waals surface area contributed by atoms with Gasteiger partial charge in [-0.1, -0.05) is 50.0 Å². The first kappa shape index (κ1) is 14.8. The van der Waals surface area contributed by atoms with Crippen LogP contribution in [-0.4, -0.2) is 13.1 Å². The van der Waals surface area contributed by atoms with Crippen molar-refractivity contribution in [1.82, 2.24) is 5.32 Å². The second-order valence-corrected chi connectivity index (χ2v) is 5.96. The molecule has 1 nitrogen and oxygen atoms in total. The molecule has 0 unspecified atom stereocenters. The molecule has 0 fully saturated rings. The molecule has 0 saturated heterocycles. The van der Waals surface area contributed by atoms with Gasteiger partial charge in [-0.3, -0.25) is 0 Å². The highest BCUT2D eigenvalue weighted by Crippen LogP contribution is 2.33. The molecule has 96 valence electrons. The minimum Gasteiger partial charge on any atom is -0.317 e. The molecule has 3 heteroatoms. The molecule has 0 aliphatic carbocycles. The van der Waals surface area contributed by atoms with Crippen LogP contribution in [0.5, 0.6) is 0 Å². The molecule has 0 amide bonds. The summed E-state index contributed by atoms with van der Waals surface area (Å²) in [6, 6.07) is 5.70. The van der Waals surface area contributed by atoms with Crippen molar-refractivity contribution in [2.24, 2.45) is 5.41 Å². The average molecular weight is 274 g/mol. The first-order valence-corrected chi connectivity index (χ1v) is 6.85. The van der Waals surface area contributed by atoms with E-state index in [2.05, 4.69) is 26.1 Å². The van der Waals surface area contributed by atoms with Crippen LogP contribution in [0.3, 0.4) is 0 Å². The highest BCUT2D eigenvalue weighted by atomic mass is 35.5. The minimum absolute atomic E-state index is 0.205. The normalized spacial score (nSPS) is 11.8. The lowest BCUT2D eigenvalue weighted by atomic mass is 9.82. The standard InChI is InChI=1S/C14H21Cl2N/c1-4-17-9-8-14(2,3)10-11-12(15)6-5-7-13(11)16/h5-7,17H,4,8-10H2,1-3H3. The predicted octanol–water partition coefficient (Wildman–Crippen LogP) is 4.56. The number of halogens is 2. The van der Waals surface area contributed by atoms with Gasteiger partial charge < -0.3 is 5.32 Å². The Bertz CT molecular complexity index is 341. The van der Waals surface area contributed by atoms with Gasteiger partial charge in [0.1, 0.15) is 0 Å². The van der Waals surface area contributed by atoms with E-state index in [-0.39, 0.29) is 5.41 Å². The fraction of sp³-hybridized carbons (Fsp3) is 0.571. The lowest BCUT2D eigenvalue weighted by Crippen LogP contribution is -2.24. The number of hydrogen-bond donors (Lipinski definition) is 1. The molecule has 0 heterocycles. The zero-order chi connectivity index (χ0) is 12.9. The molecular formula is C14H21Cl2N. The second-order valence-electron chi connectivity index (χ2n) is 5.14. The maximum absolute atomic E-state index is 6.20. The molecule has 1 N–H and O–H groups in total. The molecule has 0 aliphatic rings. The van der Waals surface area contributed by atoms with Crippen LogP contribution in [0.1, 0.15) is 32.8 Å². The van der Waals surface area contributed by atoms with Crippen LogP contribution in [0.15, 0.2) is 18.2 Å². The zero-order valence-electron chi connectivity index (χ0n) is 10.8. The third-order valence-electron chi connectivity index (χ3n) is 2.95. The smallest absolute Gasteiger partial charge is 0.0453 e. The molecular weight excluding hydrogens is 253 g/mol. The summed E-state index contributed by atoms with van der Waals surface area (Å²) in [4.78, 5) is 0. The van der Waals surface area contributed by atoms with Crippen LogP contribution in [0.25, 0.3) is 0 Å². The van der Waals surface area contributed by atoms with Crippen molar-refractivity contribution in [3.8, 4) is 0 Å². The summed E-state index contributed by atoms with van der Waals surface area (Å²) in [7, 11) is 0. The number of rotatable bonds is 6. The Morgan fingerprint density at radius 2 is 1.76 bits per heavy atom. The van der Waals surface area contributed by atoms with Crippen LogP contribution >= 0.6 is 23.2 Å². The predicted molar refractivity (Wildman–Crippen MR) is 77.1 cm³/mol. The van der Waals surface area contributed by atoms with Crippen molar-refractivity contribution >= 4 is 23.2 Å². The molecule has 0 bridgehead atoms. The fourth-order valence-corrected chi connectivity index (χ4v) is 2.40. The van der Waals surface area contributed by atoms with Gasteiger partial charge in [0.25, 0.3) is 0 Å². The highest BCUT2D eigenvalue weighted by Gasteiger charge is 2.20. The second kappa shape index (κ2) is 6.63. The van der Waals surface area contributed by atoms with Gasteiger partial charge in [-0.15, -0.1) is 0 Å². The third kappa shape index (κ3) is 4.87. The van der Waals surface area contributed by atoms with E-state index in [0.717, 1.165) is 41.5 Å². The molecule has 1 aromatic rings. The number of nitrogens with one attached hydrogen (secondary N) is 1. The summed E-state index contributed by atoms with van der Waals surface area (Å²) in [5.74, 6) is 0. The molecule has 0 saturated carbocycles. The van der Waals surface area contributed by atoms with Crippen molar-refractivity contribution in [3.05, 3.63) is 33.8 Å². The van der Waals surface area contributed by atoms with E-state index in [1.807, 2.05) is 18.2 Å². The van der Waals surface area contributed by atoms with E-state index in [1.165, 1.54) is 0 Å². The van der Waals surface area contributed by atoms with Crippen molar-refractivity contribution in [3.63, 3.8) is 0 Å². The van der Waals surface area contributed by atoms with Crippen LogP contribution in [0, 0.1) is 5.41 Å². The molecule has 0 atom stereocenters. The van der Waals surface area contributed by atoms with Gasteiger partial charge >= 0.3 is 0 Å². The average Bonchev–Trinajstić information content (AvgIpc) is 2.24. The summed E-state index contributed by atoms with van der Waals surface area (Å²) in [5, 5.41) is 4.90. The van der Waals surface area contributed by atoms with Gasteiger partial charge in [0, 0.05) is 10.0 Å². The van der Waals surface area contributed by atoms with Gasteiger partial charge in [0.15, 0.2) is 0 Å². The summed E-state index contributed by atoms with van der Waals surface area (Å²) in [6.45, 7) is 8.68. The number of hydrogen-bond acceptors (Lipinski definition) is 1. The maximum atomic E-state index is 6.20. The van der Waals surface area contributed by atoms with E-state index in [1.54, 1.807) is 0 Å². The Morgan fingerprint density at radius 1 is 1.18 bits per heavy atom. The van der Waals surface area contributed by atoms with Crippen LogP contribution in [0.2, 0.25) is 10.0 Å². The Morgan fingerprint density at radius 3 is 2.29 bits per heavy atom. The van der Waals surface area contributed by atoms with Crippen LogP contribution < -0.4 is 5.32 Å². The van der Waals surface area contributed by atoms with E-state index in [9.17, 15) is 0 Å². The topological polar surface area (TPSA) is 12.0 Å². The van der Waals surface area contributed by atoms with Gasteiger partial charge in [0.05, 0.1) is 0 Å². The van der Waals surface area contributed by atoms with Crippen LogP contribution in [-0.2, 0) is 6.42 Å². The van der Waals surface area contributed by atoms with E-state index >= 15 is 0 Å². The Hall–Kier alpha value is -0.240. The molecule has 1 aromatic carbocycles. The van der Waals surface area contributed by atoms with Crippen LogP contribution in [0.4, 0.5) is 0 Å². The lowest BCUT2D eigenvalue weighted by Gasteiger charge is -2.26. The summed E-state index contributed by atoms with van der Waals surface area (Å²) < 4.78 is 0. The van der Waals surface area contributed by atoms with Crippen molar-refractivity contribution < 1.29 is 0 Å². The van der Waals surface area contributed by atoms with E-state index < -0.39 is 0 Å². The molecule has 0 aliphatic heterocycles.